The van der Waals surface area contributed by atoms with E-state index in [-0.39, 0.29) is 11.5 Å². The number of hydrogen-bond acceptors (Lipinski definition) is 2. The zero-order chi connectivity index (χ0) is 11.0. The van der Waals surface area contributed by atoms with Gasteiger partial charge >= 0.3 is 0 Å². The van der Waals surface area contributed by atoms with Gasteiger partial charge in [0.15, 0.2) is 0 Å². The Bertz CT molecular complexity index is 333. The highest BCUT2D eigenvalue weighted by Crippen LogP contribution is 2.12. The summed E-state index contributed by atoms with van der Waals surface area (Å²) in [4.78, 5) is 3.75. The highest BCUT2D eigenvalue weighted by atomic mass is 19.1. The SMILES string of the molecule is C/C=C(\F)c1ccc(C#N)cn1.CC. The molecule has 0 unspecified atom stereocenters. The lowest BCUT2D eigenvalue weighted by Gasteiger charge is -1.94. The van der Waals surface area contributed by atoms with Crippen LogP contribution in [0, 0.1) is 11.3 Å². The lowest BCUT2D eigenvalue weighted by molar-refractivity contribution is 0.750. The molecule has 3 heteroatoms. The molecule has 1 heterocycles. The molecule has 1 aromatic heterocycles. The van der Waals surface area contributed by atoms with Crippen LogP contribution in [0.1, 0.15) is 32.0 Å². The zero-order valence-electron chi connectivity index (χ0n) is 8.58. The Labute approximate surface area is 83.7 Å². The maximum atomic E-state index is 12.8. The Balaban J connectivity index is 0.000000791. The van der Waals surface area contributed by atoms with Crippen molar-refractivity contribution in [3.05, 3.63) is 35.7 Å². The van der Waals surface area contributed by atoms with E-state index in [4.69, 9.17) is 5.26 Å². The number of nitriles is 1. The van der Waals surface area contributed by atoms with E-state index in [0.29, 0.717) is 5.56 Å². The van der Waals surface area contributed by atoms with Crippen LogP contribution < -0.4 is 0 Å². The molecule has 0 aliphatic carbocycles. The van der Waals surface area contributed by atoms with Crippen molar-refractivity contribution in [3.63, 3.8) is 0 Å². The van der Waals surface area contributed by atoms with Crippen molar-refractivity contribution in [1.29, 1.82) is 5.26 Å². The molecule has 0 N–H and O–H groups in total. The van der Waals surface area contributed by atoms with Crippen molar-refractivity contribution >= 4 is 5.83 Å². The van der Waals surface area contributed by atoms with E-state index in [2.05, 4.69) is 4.98 Å². The third-order valence-electron chi connectivity index (χ3n) is 1.39. The summed E-state index contributed by atoms with van der Waals surface area (Å²) in [7, 11) is 0. The fourth-order valence-corrected chi connectivity index (χ4v) is 0.749. The quantitative estimate of drug-likeness (QED) is 0.684. The van der Waals surface area contributed by atoms with Crippen molar-refractivity contribution in [2.75, 3.05) is 0 Å². The van der Waals surface area contributed by atoms with Crippen LogP contribution in [0.15, 0.2) is 24.4 Å². The molecule has 1 aromatic rings. The van der Waals surface area contributed by atoms with Crippen LogP contribution in [0.3, 0.4) is 0 Å². The highest BCUT2D eigenvalue weighted by molar-refractivity contribution is 5.55. The van der Waals surface area contributed by atoms with Crippen LogP contribution in [0.5, 0.6) is 0 Å². The summed E-state index contributed by atoms with van der Waals surface area (Å²) in [6, 6.07) is 4.92. The molecular formula is C11H13FN2. The van der Waals surface area contributed by atoms with Gasteiger partial charge in [-0.2, -0.15) is 5.26 Å². The molecule has 0 atom stereocenters. The molecule has 0 aliphatic rings. The van der Waals surface area contributed by atoms with E-state index in [1.54, 1.807) is 6.92 Å². The Morgan fingerprint density at radius 3 is 2.50 bits per heavy atom. The van der Waals surface area contributed by atoms with Gasteiger partial charge < -0.3 is 0 Å². The minimum atomic E-state index is -0.375. The van der Waals surface area contributed by atoms with Crippen molar-refractivity contribution in [2.45, 2.75) is 20.8 Å². The van der Waals surface area contributed by atoms with Gasteiger partial charge in [0, 0.05) is 6.20 Å². The number of pyridine rings is 1. The largest absolute Gasteiger partial charge is 0.252 e. The molecule has 0 radical (unpaired) electrons. The Kier molecular flexibility index (Phi) is 5.97. The Morgan fingerprint density at radius 2 is 2.14 bits per heavy atom. The third kappa shape index (κ3) is 3.36. The van der Waals surface area contributed by atoms with E-state index < -0.39 is 0 Å². The average molecular weight is 192 g/mol. The second kappa shape index (κ2) is 6.79. The molecule has 0 aliphatic heterocycles. The molecule has 0 saturated heterocycles. The molecule has 14 heavy (non-hydrogen) atoms. The molecule has 0 fully saturated rings. The van der Waals surface area contributed by atoms with Crippen molar-refractivity contribution in [1.82, 2.24) is 4.98 Å². The second-order valence-electron chi connectivity index (χ2n) is 2.18. The van der Waals surface area contributed by atoms with Gasteiger partial charge in [-0.05, 0) is 25.1 Å². The first-order valence-corrected chi connectivity index (χ1v) is 4.46. The smallest absolute Gasteiger partial charge is 0.144 e. The van der Waals surface area contributed by atoms with Gasteiger partial charge in [-0.3, -0.25) is 4.98 Å². The number of hydrogen-bond donors (Lipinski definition) is 0. The fraction of sp³-hybridized carbons (Fsp3) is 0.273. The maximum Gasteiger partial charge on any atom is 0.144 e. The van der Waals surface area contributed by atoms with Crippen LogP contribution >= 0.6 is 0 Å². The summed E-state index contributed by atoms with van der Waals surface area (Å²) >= 11 is 0. The first-order valence-electron chi connectivity index (χ1n) is 4.46. The second-order valence-corrected chi connectivity index (χ2v) is 2.18. The molecular weight excluding hydrogens is 179 g/mol. The van der Waals surface area contributed by atoms with Gasteiger partial charge in [-0.1, -0.05) is 13.8 Å². The minimum Gasteiger partial charge on any atom is -0.252 e. The monoisotopic (exact) mass is 192 g/mol. The van der Waals surface area contributed by atoms with Crippen molar-refractivity contribution in [2.24, 2.45) is 0 Å². The standard InChI is InChI=1S/C9H7FN2.C2H6/c1-2-8(10)9-4-3-7(5-11)6-12-9;1-2/h2-4,6H,1H3;1-2H3/b8-2-;. The first-order chi connectivity index (χ1) is 6.77. The van der Waals surface area contributed by atoms with Crippen molar-refractivity contribution < 1.29 is 4.39 Å². The van der Waals surface area contributed by atoms with Crippen LogP contribution in [0.2, 0.25) is 0 Å². The molecule has 74 valence electrons. The number of halogens is 1. The summed E-state index contributed by atoms with van der Waals surface area (Å²) < 4.78 is 12.8. The summed E-state index contributed by atoms with van der Waals surface area (Å²) in [6.07, 6.45) is 2.67. The van der Waals surface area contributed by atoms with Gasteiger partial charge in [0.05, 0.1) is 11.3 Å². The Morgan fingerprint density at radius 1 is 1.50 bits per heavy atom. The van der Waals surface area contributed by atoms with E-state index in [1.165, 1.54) is 24.4 Å². The van der Waals surface area contributed by atoms with E-state index in [0.717, 1.165) is 0 Å². The predicted molar refractivity (Wildman–Crippen MR) is 55.1 cm³/mol. The number of rotatable bonds is 1. The molecule has 1 rings (SSSR count). The van der Waals surface area contributed by atoms with Crippen LogP contribution in [-0.2, 0) is 0 Å². The van der Waals surface area contributed by atoms with E-state index >= 15 is 0 Å². The average Bonchev–Trinajstić information content (AvgIpc) is 2.31. The van der Waals surface area contributed by atoms with Gasteiger partial charge in [-0.25, -0.2) is 4.39 Å². The van der Waals surface area contributed by atoms with Gasteiger partial charge in [-0.15, -0.1) is 0 Å². The summed E-state index contributed by atoms with van der Waals surface area (Å²) in [5, 5.41) is 8.43. The Hall–Kier alpha value is -1.69. The van der Waals surface area contributed by atoms with Gasteiger partial charge in [0.25, 0.3) is 0 Å². The third-order valence-corrected chi connectivity index (χ3v) is 1.39. The number of aromatic nitrogens is 1. The lowest BCUT2D eigenvalue weighted by atomic mass is 10.2. The lowest BCUT2D eigenvalue weighted by Crippen LogP contribution is -1.84. The predicted octanol–water partition coefficient (Wildman–Crippen LogP) is 3.31. The van der Waals surface area contributed by atoms with Crippen LogP contribution in [0.25, 0.3) is 5.83 Å². The van der Waals surface area contributed by atoms with Gasteiger partial charge in [0.1, 0.15) is 11.9 Å². The molecule has 0 aromatic carbocycles. The van der Waals surface area contributed by atoms with E-state index in [1.807, 2.05) is 19.9 Å². The van der Waals surface area contributed by atoms with E-state index in [9.17, 15) is 4.39 Å². The zero-order valence-corrected chi connectivity index (χ0v) is 8.58. The summed E-state index contributed by atoms with van der Waals surface area (Å²) in [5.74, 6) is -0.375. The molecule has 0 spiro atoms. The van der Waals surface area contributed by atoms with Crippen LogP contribution in [-0.4, -0.2) is 4.98 Å². The highest BCUT2D eigenvalue weighted by Gasteiger charge is 1.99. The topological polar surface area (TPSA) is 36.7 Å². The maximum absolute atomic E-state index is 12.8. The molecule has 0 saturated carbocycles. The van der Waals surface area contributed by atoms with Crippen LogP contribution in [0.4, 0.5) is 4.39 Å². The summed E-state index contributed by atoms with van der Waals surface area (Å²) in [5.41, 5.74) is 0.694. The molecule has 0 amide bonds. The molecule has 2 nitrogen and oxygen atoms in total. The fourth-order valence-electron chi connectivity index (χ4n) is 0.749. The number of allylic oxidation sites excluding steroid dienone is 1. The number of nitrogens with zero attached hydrogens (tertiary/aromatic N) is 2. The van der Waals surface area contributed by atoms with Gasteiger partial charge in [0.2, 0.25) is 0 Å². The van der Waals surface area contributed by atoms with Crippen molar-refractivity contribution in [3.8, 4) is 6.07 Å². The normalized spacial score (nSPS) is 9.79. The molecule has 0 bridgehead atoms. The summed E-state index contributed by atoms with van der Waals surface area (Å²) in [6.45, 7) is 5.59. The minimum absolute atomic E-state index is 0.261. The first kappa shape index (κ1) is 12.3.